The van der Waals surface area contributed by atoms with Crippen molar-refractivity contribution >= 4 is 46.5 Å². The third-order valence-corrected chi connectivity index (χ3v) is 3.63. The number of nitrogens with one attached hydrogen (secondary N) is 2. The van der Waals surface area contributed by atoms with E-state index in [1.165, 1.54) is 12.1 Å². The second kappa shape index (κ2) is 8.46. The smallest absolute Gasteiger partial charge is 0.337 e. The van der Waals surface area contributed by atoms with Crippen molar-refractivity contribution < 1.29 is 19.4 Å². The first kappa shape index (κ1) is 18.7. The Hall–Kier alpha value is -2.64. The van der Waals surface area contributed by atoms with Crippen molar-refractivity contribution in [3.63, 3.8) is 0 Å². The molecule has 0 atom stereocenters. The number of carbonyl (C=O) groups excluding carboxylic acids is 1. The van der Waals surface area contributed by atoms with Gasteiger partial charge in [0.15, 0.2) is 11.7 Å². The lowest BCUT2D eigenvalue weighted by molar-refractivity contribution is -0.121. The summed E-state index contributed by atoms with van der Waals surface area (Å²) in [6, 6.07) is 11.6. The van der Waals surface area contributed by atoms with Crippen molar-refractivity contribution in [2.24, 2.45) is 0 Å². The number of anilines is 1. The summed E-state index contributed by atoms with van der Waals surface area (Å²) in [6.45, 7) is 1.75. The van der Waals surface area contributed by atoms with E-state index in [0.717, 1.165) is 5.56 Å². The van der Waals surface area contributed by atoms with Crippen LogP contribution in [0.3, 0.4) is 0 Å². The number of benzene rings is 2. The number of halogens is 1. The summed E-state index contributed by atoms with van der Waals surface area (Å²) in [6.07, 6.45) is 0. The molecule has 0 aliphatic rings. The van der Waals surface area contributed by atoms with Crippen LogP contribution in [0.15, 0.2) is 42.5 Å². The monoisotopic (exact) mass is 378 g/mol. The first-order valence-corrected chi connectivity index (χ1v) is 7.97. The highest BCUT2D eigenvalue weighted by Crippen LogP contribution is 2.20. The minimum Gasteiger partial charge on any atom is -0.484 e. The summed E-state index contributed by atoms with van der Waals surface area (Å²) in [5.41, 5.74) is 1.42. The number of carboxylic acids is 1. The van der Waals surface area contributed by atoms with Crippen LogP contribution in [-0.2, 0) is 4.79 Å². The maximum Gasteiger partial charge on any atom is 0.337 e. The van der Waals surface area contributed by atoms with Gasteiger partial charge in [0.05, 0.1) is 10.6 Å². The molecule has 0 saturated carbocycles. The van der Waals surface area contributed by atoms with E-state index >= 15 is 0 Å². The highest BCUT2D eigenvalue weighted by molar-refractivity contribution is 7.80. The molecule has 2 aromatic carbocycles. The van der Waals surface area contributed by atoms with Crippen LogP contribution >= 0.6 is 23.8 Å². The molecule has 1 amide bonds. The zero-order chi connectivity index (χ0) is 18.4. The maximum absolute atomic E-state index is 11.8. The third-order valence-electron chi connectivity index (χ3n) is 3.10. The molecule has 130 valence electrons. The Bertz CT molecular complexity index is 809. The number of rotatable bonds is 5. The molecule has 2 rings (SSSR count). The van der Waals surface area contributed by atoms with Crippen molar-refractivity contribution in [3.05, 3.63) is 58.6 Å². The fourth-order valence-corrected chi connectivity index (χ4v) is 2.31. The van der Waals surface area contributed by atoms with Crippen LogP contribution < -0.4 is 15.4 Å². The molecular weight excluding hydrogens is 364 g/mol. The van der Waals surface area contributed by atoms with Gasteiger partial charge in [-0.15, -0.1) is 0 Å². The van der Waals surface area contributed by atoms with Crippen molar-refractivity contribution in [2.75, 3.05) is 11.9 Å². The van der Waals surface area contributed by atoms with Gasteiger partial charge >= 0.3 is 5.97 Å². The average Bonchev–Trinajstić information content (AvgIpc) is 2.55. The molecule has 3 N–H and O–H groups in total. The zero-order valence-electron chi connectivity index (χ0n) is 13.2. The standard InChI is InChI=1S/C17H15ClN2O4S/c1-10-2-5-12(6-3-10)24-9-15(21)20-17(25)19-11-4-7-14(18)13(8-11)16(22)23/h2-8H,9H2,1H3,(H,22,23)(H2,19,20,21,25). The Morgan fingerprint density at radius 1 is 1.20 bits per heavy atom. The lowest BCUT2D eigenvalue weighted by Gasteiger charge is -2.11. The number of aryl methyl sites for hydroxylation is 1. The van der Waals surface area contributed by atoms with Gasteiger partial charge in [0, 0.05) is 5.69 Å². The molecule has 0 aliphatic carbocycles. The number of ether oxygens (including phenoxy) is 1. The van der Waals surface area contributed by atoms with E-state index in [1.54, 1.807) is 18.2 Å². The number of amides is 1. The fraction of sp³-hybridized carbons (Fsp3) is 0.118. The Labute approximate surface area is 154 Å². The molecule has 0 spiro atoms. The van der Waals surface area contributed by atoms with Gasteiger partial charge in [-0.05, 0) is 49.5 Å². The van der Waals surface area contributed by atoms with Crippen LogP contribution in [0.2, 0.25) is 5.02 Å². The molecule has 25 heavy (non-hydrogen) atoms. The van der Waals surface area contributed by atoms with Crippen LogP contribution in [0.5, 0.6) is 5.75 Å². The van der Waals surface area contributed by atoms with Crippen LogP contribution in [-0.4, -0.2) is 28.7 Å². The summed E-state index contributed by atoms with van der Waals surface area (Å²) in [5.74, 6) is -1.02. The molecule has 8 heteroatoms. The van der Waals surface area contributed by atoms with E-state index in [1.807, 2.05) is 19.1 Å². The van der Waals surface area contributed by atoms with Crippen LogP contribution in [0.1, 0.15) is 15.9 Å². The largest absolute Gasteiger partial charge is 0.484 e. The van der Waals surface area contributed by atoms with Gasteiger partial charge in [-0.3, -0.25) is 10.1 Å². The van der Waals surface area contributed by atoms with Gasteiger partial charge in [0.1, 0.15) is 5.75 Å². The second-order valence-electron chi connectivity index (χ2n) is 5.10. The molecule has 0 bridgehead atoms. The maximum atomic E-state index is 11.8. The van der Waals surface area contributed by atoms with E-state index in [0.29, 0.717) is 11.4 Å². The molecule has 0 unspecified atom stereocenters. The predicted molar refractivity (Wildman–Crippen MR) is 99.4 cm³/mol. The van der Waals surface area contributed by atoms with E-state index in [-0.39, 0.29) is 22.3 Å². The SMILES string of the molecule is Cc1ccc(OCC(=O)NC(=S)Nc2ccc(Cl)c(C(=O)O)c2)cc1. The fourth-order valence-electron chi connectivity index (χ4n) is 1.88. The van der Waals surface area contributed by atoms with Gasteiger partial charge in [-0.1, -0.05) is 29.3 Å². The van der Waals surface area contributed by atoms with Gasteiger partial charge in [-0.25, -0.2) is 4.79 Å². The van der Waals surface area contributed by atoms with E-state index < -0.39 is 11.9 Å². The Morgan fingerprint density at radius 3 is 2.52 bits per heavy atom. The van der Waals surface area contributed by atoms with Crippen LogP contribution in [0.4, 0.5) is 5.69 Å². The second-order valence-corrected chi connectivity index (χ2v) is 5.92. The minimum absolute atomic E-state index is 0.0242. The third kappa shape index (κ3) is 5.74. The number of thiocarbonyl (C=S) groups is 1. The topological polar surface area (TPSA) is 87.7 Å². The van der Waals surface area contributed by atoms with E-state index in [2.05, 4.69) is 10.6 Å². The molecule has 0 heterocycles. The number of hydrogen-bond acceptors (Lipinski definition) is 4. The summed E-state index contributed by atoms with van der Waals surface area (Å²) >= 11 is 10.8. The minimum atomic E-state index is -1.16. The molecule has 6 nitrogen and oxygen atoms in total. The molecule has 0 aliphatic heterocycles. The molecule has 0 aromatic heterocycles. The molecule has 0 fully saturated rings. The van der Waals surface area contributed by atoms with Crippen molar-refractivity contribution in [2.45, 2.75) is 6.92 Å². The summed E-state index contributed by atoms with van der Waals surface area (Å²) < 4.78 is 5.35. The quantitative estimate of drug-likeness (QED) is 0.692. The first-order valence-electron chi connectivity index (χ1n) is 7.18. The van der Waals surface area contributed by atoms with Crippen LogP contribution in [0, 0.1) is 6.92 Å². The van der Waals surface area contributed by atoms with E-state index in [4.69, 9.17) is 33.7 Å². The molecule has 0 radical (unpaired) electrons. The summed E-state index contributed by atoms with van der Waals surface area (Å²) in [4.78, 5) is 22.9. The Morgan fingerprint density at radius 2 is 1.88 bits per heavy atom. The van der Waals surface area contributed by atoms with Crippen molar-refractivity contribution in [1.82, 2.24) is 5.32 Å². The number of aromatic carboxylic acids is 1. The lowest BCUT2D eigenvalue weighted by Crippen LogP contribution is -2.37. The molecular formula is C17H15ClN2O4S. The normalized spacial score (nSPS) is 10.0. The number of carboxylic acid groups (broad SMARTS) is 1. The van der Waals surface area contributed by atoms with Gasteiger partial charge in [-0.2, -0.15) is 0 Å². The number of carbonyl (C=O) groups is 2. The van der Waals surface area contributed by atoms with Crippen molar-refractivity contribution in [3.8, 4) is 5.75 Å². The Kier molecular flexibility index (Phi) is 6.32. The van der Waals surface area contributed by atoms with Gasteiger partial charge in [0.25, 0.3) is 5.91 Å². The van der Waals surface area contributed by atoms with Gasteiger partial charge in [0.2, 0.25) is 0 Å². The number of hydrogen-bond donors (Lipinski definition) is 3. The molecule has 2 aromatic rings. The predicted octanol–water partition coefficient (Wildman–Crippen LogP) is 3.24. The summed E-state index contributed by atoms with van der Waals surface area (Å²) in [7, 11) is 0. The highest BCUT2D eigenvalue weighted by atomic mass is 35.5. The highest BCUT2D eigenvalue weighted by Gasteiger charge is 2.11. The summed E-state index contributed by atoms with van der Waals surface area (Å²) in [5, 5.41) is 14.3. The first-order chi connectivity index (χ1) is 11.8. The Balaban J connectivity index is 1.87. The van der Waals surface area contributed by atoms with Crippen LogP contribution in [0.25, 0.3) is 0 Å². The lowest BCUT2D eigenvalue weighted by atomic mass is 10.2. The average molecular weight is 379 g/mol. The zero-order valence-corrected chi connectivity index (χ0v) is 14.8. The van der Waals surface area contributed by atoms with Gasteiger partial charge < -0.3 is 15.2 Å². The van der Waals surface area contributed by atoms with E-state index in [9.17, 15) is 9.59 Å². The molecule has 0 saturated heterocycles. The van der Waals surface area contributed by atoms with Crippen molar-refractivity contribution in [1.29, 1.82) is 0 Å².